The molecule has 29 heavy (non-hydrogen) atoms. The van der Waals surface area contributed by atoms with E-state index in [1.165, 1.54) is 64.7 Å². The Labute approximate surface area is 184 Å². The molecule has 0 saturated carbocycles. The monoisotopic (exact) mass is 426 g/mol. The largest absolute Gasteiger partial charge is 0.314 e. The summed E-state index contributed by atoms with van der Waals surface area (Å²) in [6.45, 7) is 9.38. The SMILES string of the molecule is Cl.O=C(C1CCN(CCC2CCCN2)CC1)C1CCN(CCC2CCCN2)CC1. The van der Waals surface area contributed by atoms with E-state index in [2.05, 4.69) is 20.4 Å². The van der Waals surface area contributed by atoms with Gasteiger partial charge in [-0.3, -0.25) is 4.79 Å². The maximum absolute atomic E-state index is 13.0. The zero-order valence-electron chi connectivity index (χ0n) is 18.2. The fraction of sp³-hybridized carbons (Fsp3) is 0.957. The average molecular weight is 427 g/mol. The molecule has 0 aromatic heterocycles. The molecule has 4 saturated heterocycles. The summed E-state index contributed by atoms with van der Waals surface area (Å²) in [5.41, 5.74) is 0. The first-order valence-corrected chi connectivity index (χ1v) is 12.2. The fourth-order valence-corrected chi connectivity index (χ4v) is 5.90. The molecule has 0 spiro atoms. The van der Waals surface area contributed by atoms with E-state index in [4.69, 9.17) is 0 Å². The molecule has 4 aliphatic rings. The van der Waals surface area contributed by atoms with Gasteiger partial charge in [-0.25, -0.2) is 0 Å². The lowest BCUT2D eigenvalue weighted by Gasteiger charge is -2.36. The number of Topliss-reactive ketones (excluding diaryl/α,β-unsaturated/α-hetero) is 1. The maximum Gasteiger partial charge on any atom is 0.139 e. The highest BCUT2D eigenvalue weighted by atomic mass is 35.5. The number of ketones is 1. The number of nitrogens with one attached hydrogen (secondary N) is 2. The maximum atomic E-state index is 13.0. The molecule has 6 heteroatoms. The highest BCUT2D eigenvalue weighted by molar-refractivity contribution is 5.85. The van der Waals surface area contributed by atoms with Gasteiger partial charge in [0.25, 0.3) is 0 Å². The minimum Gasteiger partial charge on any atom is -0.314 e. The number of piperidine rings is 2. The molecule has 0 amide bonds. The van der Waals surface area contributed by atoms with Gasteiger partial charge in [0.1, 0.15) is 5.78 Å². The van der Waals surface area contributed by atoms with Crippen molar-refractivity contribution >= 4 is 18.2 Å². The third-order valence-corrected chi connectivity index (χ3v) is 7.89. The molecule has 4 rings (SSSR count). The zero-order valence-corrected chi connectivity index (χ0v) is 19.1. The van der Waals surface area contributed by atoms with Gasteiger partial charge in [0.15, 0.2) is 0 Å². The van der Waals surface area contributed by atoms with Gasteiger partial charge >= 0.3 is 0 Å². The number of hydrogen-bond donors (Lipinski definition) is 2. The van der Waals surface area contributed by atoms with E-state index in [9.17, 15) is 4.79 Å². The second-order valence-corrected chi connectivity index (χ2v) is 9.80. The lowest BCUT2D eigenvalue weighted by molar-refractivity contribution is -0.129. The average Bonchev–Trinajstić information content (AvgIpc) is 3.45. The number of carbonyl (C=O) groups excluding carboxylic acids is 1. The lowest BCUT2D eigenvalue weighted by atomic mass is 9.81. The molecule has 0 aliphatic carbocycles. The number of hydrogen-bond acceptors (Lipinski definition) is 5. The second-order valence-electron chi connectivity index (χ2n) is 9.80. The van der Waals surface area contributed by atoms with E-state index < -0.39 is 0 Å². The van der Waals surface area contributed by atoms with E-state index >= 15 is 0 Å². The zero-order chi connectivity index (χ0) is 19.2. The first-order chi connectivity index (χ1) is 13.8. The highest BCUT2D eigenvalue weighted by Gasteiger charge is 2.32. The third-order valence-electron chi connectivity index (χ3n) is 7.89. The van der Waals surface area contributed by atoms with Crippen LogP contribution in [-0.4, -0.2) is 80.0 Å². The van der Waals surface area contributed by atoms with Gasteiger partial charge < -0.3 is 20.4 Å². The molecule has 4 fully saturated rings. The van der Waals surface area contributed by atoms with E-state index in [1.54, 1.807) is 0 Å². The van der Waals surface area contributed by atoms with Crippen LogP contribution in [0.5, 0.6) is 0 Å². The number of likely N-dealkylation sites (tertiary alicyclic amines) is 2. The predicted octanol–water partition coefficient (Wildman–Crippen LogP) is 2.69. The molecule has 4 aliphatic heterocycles. The standard InChI is InChI=1S/C23H42N4O.ClH/c28-23(19-5-13-26(14-6-19)17-9-21-3-1-11-24-21)20-7-15-27(16-8-20)18-10-22-4-2-12-25-22;/h19-22,24-25H,1-18H2;1H. The molecule has 0 bridgehead atoms. The Balaban J connectivity index is 0.00000240. The fourth-order valence-electron chi connectivity index (χ4n) is 5.90. The van der Waals surface area contributed by atoms with E-state index in [0.29, 0.717) is 17.6 Å². The van der Waals surface area contributed by atoms with Crippen molar-refractivity contribution < 1.29 is 4.79 Å². The number of nitrogens with zero attached hydrogens (tertiary/aromatic N) is 2. The smallest absolute Gasteiger partial charge is 0.139 e. The van der Waals surface area contributed by atoms with Crippen LogP contribution in [0.4, 0.5) is 0 Å². The Bertz CT molecular complexity index is 435. The molecule has 2 unspecified atom stereocenters. The van der Waals surface area contributed by atoms with Crippen molar-refractivity contribution in [1.82, 2.24) is 20.4 Å². The van der Waals surface area contributed by atoms with Gasteiger partial charge in [-0.1, -0.05) is 0 Å². The molecule has 2 N–H and O–H groups in total. The molecule has 0 radical (unpaired) electrons. The van der Waals surface area contributed by atoms with Crippen LogP contribution in [0.25, 0.3) is 0 Å². The highest BCUT2D eigenvalue weighted by Crippen LogP contribution is 2.27. The Morgan fingerprint density at radius 2 is 1.10 bits per heavy atom. The summed E-state index contributed by atoms with van der Waals surface area (Å²) in [7, 11) is 0. The summed E-state index contributed by atoms with van der Waals surface area (Å²) in [6, 6.07) is 1.49. The van der Waals surface area contributed by atoms with Crippen molar-refractivity contribution in [3.05, 3.63) is 0 Å². The van der Waals surface area contributed by atoms with Gasteiger partial charge in [-0.2, -0.15) is 0 Å². The van der Waals surface area contributed by atoms with Gasteiger partial charge in [0.2, 0.25) is 0 Å². The number of rotatable bonds is 8. The molecule has 168 valence electrons. The summed E-state index contributed by atoms with van der Waals surface area (Å²) < 4.78 is 0. The van der Waals surface area contributed by atoms with Gasteiger partial charge in [0, 0.05) is 23.9 Å². The van der Waals surface area contributed by atoms with Crippen molar-refractivity contribution in [3.8, 4) is 0 Å². The Morgan fingerprint density at radius 1 is 0.690 bits per heavy atom. The molecule has 4 heterocycles. The van der Waals surface area contributed by atoms with Crippen LogP contribution in [0.15, 0.2) is 0 Å². The van der Waals surface area contributed by atoms with Crippen LogP contribution in [-0.2, 0) is 4.79 Å². The summed E-state index contributed by atoms with van der Waals surface area (Å²) in [5.74, 6) is 1.30. The van der Waals surface area contributed by atoms with Gasteiger partial charge in [-0.05, 0) is 117 Å². The van der Waals surface area contributed by atoms with Crippen molar-refractivity contribution in [2.45, 2.75) is 76.3 Å². The minimum atomic E-state index is 0. The van der Waals surface area contributed by atoms with E-state index in [-0.39, 0.29) is 12.4 Å². The summed E-state index contributed by atoms with van der Waals surface area (Å²) >= 11 is 0. The van der Waals surface area contributed by atoms with Crippen LogP contribution in [0.1, 0.15) is 64.2 Å². The van der Waals surface area contributed by atoms with Crippen LogP contribution in [0, 0.1) is 11.8 Å². The Kier molecular flexibility index (Phi) is 9.70. The first-order valence-electron chi connectivity index (χ1n) is 12.2. The van der Waals surface area contributed by atoms with Gasteiger partial charge in [-0.15, -0.1) is 12.4 Å². The third kappa shape index (κ3) is 6.90. The molecule has 5 nitrogen and oxygen atoms in total. The van der Waals surface area contributed by atoms with Crippen molar-refractivity contribution in [1.29, 1.82) is 0 Å². The molecular weight excluding hydrogens is 384 g/mol. The summed E-state index contributed by atoms with van der Waals surface area (Å²) in [6.07, 6.45) is 12.4. The summed E-state index contributed by atoms with van der Waals surface area (Å²) in [5, 5.41) is 7.21. The summed E-state index contributed by atoms with van der Waals surface area (Å²) in [4.78, 5) is 18.2. The normalized spacial score (nSPS) is 30.5. The van der Waals surface area contributed by atoms with Crippen LogP contribution in [0.3, 0.4) is 0 Å². The van der Waals surface area contributed by atoms with Gasteiger partial charge in [0.05, 0.1) is 0 Å². The van der Waals surface area contributed by atoms with Crippen LogP contribution < -0.4 is 10.6 Å². The quantitative estimate of drug-likeness (QED) is 0.624. The topological polar surface area (TPSA) is 47.6 Å². The van der Waals surface area contributed by atoms with E-state index in [1.807, 2.05) is 0 Å². The molecule has 0 aromatic carbocycles. The van der Waals surface area contributed by atoms with Crippen molar-refractivity contribution in [2.24, 2.45) is 11.8 Å². The lowest BCUT2D eigenvalue weighted by Crippen LogP contribution is -2.43. The first kappa shape index (κ1) is 23.5. The molecule has 2 atom stereocenters. The number of halogens is 1. The Hall–Kier alpha value is -0.200. The van der Waals surface area contributed by atoms with Crippen molar-refractivity contribution in [2.75, 3.05) is 52.4 Å². The number of carbonyl (C=O) groups is 1. The predicted molar refractivity (Wildman–Crippen MR) is 122 cm³/mol. The van der Waals surface area contributed by atoms with E-state index in [0.717, 1.165) is 63.9 Å². The van der Waals surface area contributed by atoms with Crippen LogP contribution >= 0.6 is 12.4 Å². The van der Waals surface area contributed by atoms with Crippen LogP contribution in [0.2, 0.25) is 0 Å². The minimum absolute atomic E-state index is 0. The molecular formula is C23H43ClN4O. The Morgan fingerprint density at radius 3 is 1.45 bits per heavy atom. The van der Waals surface area contributed by atoms with Crippen molar-refractivity contribution in [3.63, 3.8) is 0 Å². The second kappa shape index (κ2) is 12.0. The molecule has 0 aromatic rings.